The fraction of sp³-hybridized carbons (Fsp3) is 0. The molecule has 6 heteroatoms. The van der Waals surface area contributed by atoms with E-state index < -0.39 is 28.9 Å². The topological polar surface area (TPSA) is 43.1 Å². The van der Waals surface area contributed by atoms with Gasteiger partial charge < -0.3 is 5.21 Å². The molecule has 0 spiro atoms. The molecular formula is C14H6F3NO2. The van der Waals surface area contributed by atoms with Crippen molar-refractivity contribution in [3.05, 3.63) is 70.2 Å². The zero-order valence-corrected chi connectivity index (χ0v) is 9.86. The molecule has 0 radical (unpaired) electrons. The fourth-order valence-electron chi connectivity index (χ4n) is 2.14. The van der Waals surface area contributed by atoms with Crippen LogP contribution in [-0.2, 0) is 0 Å². The molecule has 0 amide bonds. The average Bonchev–Trinajstić information content (AvgIpc) is 2.60. The molecule has 2 aromatic carbocycles. The van der Waals surface area contributed by atoms with Gasteiger partial charge in [0.05, 0.1) is 5.56 Å². The lowest BCUT2D eigenvalue weighted by atomic mass is 10.0. The van der Waals surface area contributed by atoms with Crippen molar-refractivity contribution in [3.8, 4) is 0 Å². The number of halogens is 3. The highest BCUT2D eigenvalue weighted by Crippen LogP contribution is 2.29. The second kappa shape index (κ2) is 4.19. The van der Waals surface area contributed by atoms with Gasteiger partial charge in [-0.3, -0.25) is 4.79 Å². The highest BCUT2D eigenvalue weighted by atomic mass is 19.1. The Morgan fingerprint density at radius 1 is 0.900 bits per heavy atom. The van der Waals surface area contributed by atoms with Crippen LogP contribution in [0.25, 0.3) is 0 Å². The Bertz CT molecular complexity index is 764. The molecule has 0 saturated heterocycles. The summed E-state index contributed by atoms with van der Waals surface area (Å²) in [7, 11) is 0. The predicted molar refractivity (Wildman–Crippen MR) is 64.5 cm³/mol. The van der Waals surface area contributed by atoms with E-state index in [-0.39, 0.29) is 21.6 Å². The molecule has 1 aliphatic rings. The Morgan fingerprint density at radius 2 is 1.55 bits per heavy atom. The minimum absolute atomic E-state index is 0.000990. The van der Waals surface area contributed by atoms with Gasteiger partial charge in [0.1, 0.15) is 23.0 Å². The van der Waals surface area contributed by atoms with Crippen molar-refractivity contribution in [2.24, 2.45) is 0 Å². The lowest BCUT2D eigenvalue weighted by molar-refractivity contribution is -0.355. The Labute approximate surface area is 111 Å². The lowest BCUT2D eigenvalue weighted by Crippen LogP contribution is -2.17. The van der Waals surface area contributed by atoms with Gasteiger partial charge in [-0.15, -0.1) is 0 Å². The molecule has 2 aromatic rings. The molecule has 0 bridgehead atoms. The molecule has 3 nitrogen and oxygen atoms in total. The first-order valence-electron chi connectivity index (χ1n) is 5.62. The minimum Gasteiger partial charge on any atom is -0.618 e. The molecule has 0 N–H and O–H groups in total. The number of ketones is 1. The molecular weight excluding hydrogens is 271 g/mol. The van der Waals surface area contributed by atoms with Crippen LogP contribution in [0.4, 0.5) is 18.9 Å². The second-order valence-electron chi connectivity index (χ2n) is 4.29. The minimum atomic E-state index is -0.907. The lowest BCUT2D eigenvalue weighted by Gasteiger charge is -2.02. The number of benzene rings is 2. The second-order valence-corrected chi connectivity index (χ2v) is 4.29. The maximum Gasteiger partial charge on any atom is 0.273 e. The molecule has 20 heavy (non-hydrogen) atoms. The van der Waals surface area contributed by atoms with Gasteiger partial charge in [0, 0.05) is 12.1 Å². The van der Waals surface area contributed by atoms with Crippen LogP contribution in [0, 0.1) is 22.7 Å². The van der Waals surface area contributed by atoms with Crippen LogP contribution in [0.1, 0.15) is 15.9 Å². The van der Waals surface area contributed by atoms with Gasteiger partial charge in [0.15, 0.2) is 0 Å². The summed E-state index contributed by atoms with van der Waals surface area (Å²) < 4.78 is 39.7. The summed E-state index contributed by atoms with van der Waals surface area (Å²) in [6.45, 7) is 0. The summed E-state index contributed by atoms with van der Waals surface area (Å²) >= 11 is 0. The van der Waals surface area contributed by atoms with Crippen LogP contribution in [0.2, 0.25) is 0 Å². The maximum atomic E-state index is 13.2. The molecule has 3 rings (SSSR count). The summed E-state index contributed by atoms with van der Waals surface area (Å²) in [6.07, 6.45) is 0. The Morgan fingerprint density at radius 3 is 2.20 bits per heavy atom. The van der Waals surface area contributed by atoms with Crippen LogP contribution < -0.4 is 0 Å². The molecule has 0 unspecified atom stereocenters. The van der Waals surface area contributed by atoms with Crippen LogP contribution in [0.15, 0.2) is 36.4 Å². The highest BCUT2D eigenvalue weighted by Gasteiger charge is 2.37. The van der Waals surface area contributed by atoms with E-state index in [1.165, 1.54) is 6.07 Å². The third-order valence-corrected chi connectivity index (χ3v) is 2.98. The van der Waals surface area contributed by atoms with Gasteiger partial charge in [0.25, 0.3) is 11.5 Å². The van der Waals surface area contributed by atoms with Crippen LogP contribution in [0.3, 0.4) is 0 Å². The number of Topliss-reactive ketones (excluding diaryl/α,β-unsaturated/α-hetero) is 1. The van der Waals surface area contributed by atoms with Crippen molar-refractivity contribution in [1.29, 1.82) is 0 Å². The van der Waals surface area contributed by atoms with E-state index in [1.54, 1.807) is 0 Å². The largest absolute Gasteiger partial charge is 0.618 e. The number of fused-ring (bicyclic) bond motifs is 1. The van der Waals surface area contributed by atoms with E-state index in [1.807, 2.05) is 0 Å². The first-order valence-corrected chi connectivity index (χ1v) is 5.62. The Balaban J connectivity index is 2.23. The first-order chi connectivity index (χ1) is 9.47. The molecule has 1 heterocycles. The SMILES string of the molecule is O=C1C(c2cc(F)cc(F)c2)=[N+]([O-])c2cc(F)ccc21. The smallest absolute Gasteiger partial charge is 0.273 e. The van der Waals surface area contributed by atoms with E-state index >= 15 is 0 Å². The monoisotopic (exact) mass is 277 g/mol. The van der Waals surface area contributed by atoms with Gasteiger partial charge in [0.2, 0.25) is 5.69 Å². The number of rotatable bonds is 1. The molecule has 0 aromatic heterocycles. The van der Waals surface area contributed by atoms with Gasteiger partial charge in [-0.05, 0) is 24.3 Å². The molecule has 0 saturated carbocycles. The van der Waals surface area contributed by atoms with Gasteiger partial charge >= 0.3 is 0 Å². The normalized spacial score (nSPS) is 13.8. The molecule has 1 aliphatic heterocycles. The zero-order chi connectivity index (χ0) is 14.4. The van der Waals surface area contributed by atoms with Crippen LogP contribution in [0.5, 0.6) is 0 Å². The Kier molecular flexibility index (Phi) is 2.60. The summed E-state index contributed by atoms with van der Waals surface area (Å²) in [5.41, 5.74) is -0.779. The summed E-state index contributed by atoms with van der Waals surface area (Å²) in [5, 5.41) is 12.0. The van der Waals surface area contributed by atoms with Gasteiger partial charge in [-0.2, -0.15) is 4.74 Å². The van der Waals surface area contributed by atoms with E-state index in [9.17, 15) is 23.2 Å². The van der Waals surface area contributed by atoms with Crippen molar-refractivity contribution in [2.45, 2.75) is 0 Å². The number of hydrogen-bond donors (Lipinski definition) is 0. The Hall–Kier alpha value is -2.63. The van der Waals surface area contributed by atoms with Crippen LogP contribution >= 0.6 is 0 Å². The molecule has 0 atom stereocenters. The van der Waals surface area contributed by atoms with Crippen molar-refractivity contribution < 1.29 is 22.7 Å². The van der Waals surface area contributed by atoms with Crippen molar-refractivity contribution >= 4 is 17.2 Å². The third-order valence-electron chi connectivity index (χ3n) is 2.98. The molecule has 0 fully saturated rings. The predicted octanol–water partition coefficient (Wildman–Crippen LogP) is 2.93. The molecule has 100 valence electrons. The van der Waals surface area contributed by atoms with E-state index in [0.29, 0.717) is 6.07 Å². The van der Waals surface area contributed by atoms with E-state index in [0.717, 1.165) is 24.3 Å². The van der Waals surface area contributed by atoms with E-state index in [4.69, 9.17) is 0 Å². The number of carbonyl (C=O) groups is 1. The zero-order valence-electron chi connectivity index (χ0n) is 9.86. The summed E-state index contributed by atoms with van der Waals surface area (Å²) in [4.78, 5) is 12.1. The standard InChI is InChI=1S/C14H6F3NO2/c15-8-1-2-11-12(6-8)18(20)13(14(11)19)7-3-9(16)5-10(17)4-7/h1-6H. The van der Waals surface area contributed by atoms with Gasteiger partial charge in [-0.1, -0.05) is 0 Å². The van der Waals surface area contributed by atoms with Crippen molar-refractivity contribution in [2.75, 3.05) is 0 Å². The summed E-state index contributed by atoms with van der Waals surface area (Å²) in [6, 6.07) is 5.50. The fourth-order valence-corrected chi connectivity index (χ4v) is 2.14. The number of nitrogens with zero attached hydrogens (tertiary/aromatic N) is 1. The average molecular weight is 277 g/mol. The maximum absolute atomic E-state index is 13.2. The highest BCUT2D eigenvalue weighted by molar-refractivity contribution is 6.52. The first kappa shape index (κ1) is 12.4. The van der Waals surface area contributed by atoms with Crippen molar-refractivity contribution in [3.63, 3.8) is 0 Å². The van der Waals surface area contributed by atoms with Gasteiger partial charge in [-0.25, -0.2) is 13.2 Å². The molecule has 0 aliphatic carbocycles. The number of carbonyl (C=O) groups excluding carboxylic acids is 1. The number of hydrogen-bond acceptors (Lipinski definition) is 2. The quantitative estimate of drug-likeness (QED) is 0.594. The van der Waals surface area contributed by atoms with Crippen molar-refractivity contribution in [1.82, 2.24) is 0 Å². The van der Waals surface area contributed by atoms with E-state index in [2.05, 4.69) is 0 Å². The summed E-state index contributed by atoms with van der Waals surface area (Å²) in [5.74, 6) is -3.18. The third kappa shape index (κ3) is 1.77. The van der Waals surface area contributed by atoms with Crippen LogP contribution in [-0.4, -0.2) is 16.2 Å².